The van der Waals surface area contributed by atoms with Gasteiger partial charge in [-0.1, -0.05) is 49.1 Å². The fraction of sp³-hybridized carbons (Fsp3) is 0.571. The van der Waals surface area contributed by atoms with Gasteiger partial charge in [0.1, 0.15) is 0 Å². The third-order valence-corrected chi connectivity index (χ3v) is 4.75. The largest absolute Gasteiger partial charge is 0.349 e. The number of benzene rings is 1. The first-order chi connectivity index (χ1) is 7.99. The molecule has 0 N–H and O–H groups in total. The first-order valence-electron chi connectivity index (χ1n) is 6.32. The molecule has 0 saturated heterocycles. The molecule has 1 aromatic rings. The van der Waals surface area contributed by atoms with Gasteiger partial charge in [-0.05, 0) is 13.8 Å². The zero-order valence-electron chi connectivity index (χ0n) is 11.6. The maximum absolute atomic E-state index is 5.58. The van der Waals surface area contributed by atoms with Crippen LogP contribution in [0.15, 0.2) is 24.3 Å². The van der Waals surface area contributed by atoms with Crippen LogP contribution in [0.25, 0.3) is 0 Å². The van der Waals surface area contributed by atoms with Crippen LogP contribution in [0.5, 0.6) is 0 Å². The van der Waals surface area contributed by atoms with E-state index in [1.807, 2.05) is 13.8 Å². The van der Waals surface area contributed by atoms with Crippen LogP contribution in [0, 0.1) is 0 Å². The molecule has 0 unspecified atom stereocenters. The van der Waals surface area contributed by atoms with Crippen molar-refractivity contribution in [3.8, 4) is 0 Å². The summed E-state index contributed by atoms with van der Waals surface area (Å²) in [6.07, 6.45) is -0.222. The summed E-state index contributed by atoms with van der Waals surface area (Å²) in [5.41, 5.74) is 1.11. The first-order valence-corrected chi connectivity index (χ1v) is 9.82. The molecule has 3 heteroatoms. The van der Waals surface area contributed by atoms with Crippen LogP contribution in [0.1, 0.15) is 25.7 Å². The lowest BCUT2D eigenvalue weighted by atomic mass is 10.2. The monoisotopic (exact) mass is 252 g/mol. The second kappa shape index (κ2) is 6.33. The predicted octanol–water partition coefficient (Wildman–Crippen LogP) is 3.30. The smallest absolute Gasteiger partial charge is 0.183 e. The molecule has 0 radical (unpaired) electrons. The Morgan fingerprint density at radius 2 is 1.41 bits per heavy atom. The highest BCUT2D eigenvalue weighted by atomic mass is 28.3. The summed E-state index contributed by atoms with van der Waals surface area (Å²) < 4.78 is 11.2. The first kappa shape index (κ1) is 14.4. The van der Waals surface area contributed by atoms with Crippen molar-refractivity contribution in [3.63, 3.8) is 0 Å². The molecule has 0 aliphatic heterocycles. The van der Waals surface area contributed by atoms with Crippen LogP contribution < -0.4 is 5.19 Å². The van der Waals surface area contributed by atoms with Crippen molar-refractivity contribution in [1.82, 2.24) is 0 Å². The van der Waals surface area contributed by atoms with Crippen molar-refractivity contribution in [3.05, 3.63) is 29.8 Å². The summed E-state index contributed by atoms with van der Waals surface area (Å²) in [4.78, 5) is 0. The van der Waals surface area contributed by atoms with Crippen molar-refractivity contribution in [2.45, 2.75) is 39.8 Å². The van der Waals surface area contributed by atoms with Gasteiger partial charge in [0.25, 0.3) is 0 Å². The van der Waals surface area contributed by atoms with Crippen LogP contribution in [0.3, 0.4) is 0 Å². The molecule has 0 aliphatic carbocycles. The third-order valence-electron chi connectivity index (χ3n) is 2.68. The van der Waals surface area contributed by atoms with E-state index in [0.717, 1.165) is 5.56 Å². The zero-order valence-corrected chi connectivity index (χ0v) is 12.6. The predicted molar refractivity (Wildman–Crippen MR) is 75.4 cm³/mol. The molecule has 0 bridgehead atoms. The Morgan fingerprint density at radius 3 is 1.76 bits per heavy atom. The molecule has 0 heterocycles. The number of hydrogen-bond donors (Lipinski definition) is 0. The quantitative estimate of drug-likeness (QED) is 0.571. The van der Waals surface area contributed by atoms with Crippen LogP contribution >= 0.6 is 0 Å². The summed E-state index contributed by atoms with van der Waals surface area (Å²) in [6.45, 7) is 12.4. The van der Waals surface area contributed by atoms with E-state index < -0.39 is 8.07 Å². The molecule has 1 aromatic carbocycles. The van der Waals surface area contributed by atoms with Crippen molar-refractivity contribution >= 4 is 13.3 Å². The van der Waals surface area contributed by atoms with E-state index in [4.69, 9.17) is 9.47 Å². The van der Waals surface area contributed by atoms with Gasteiger partial charge in [0, 0.05) is 18.8 Å². The topological polar surface area (TPSA) is 18.5 Å². The summed E-state index contributed by atoms with van der Waals surface area (Å²) >= 11 is 0. The molecule has 0 amide bonds. The Labute approximate surface area is 106 Å². The third kappa shape index (κ3) is 4.26. The highest BCUT2D eigenvalue weighted by Crippen LogP contribution is 2.18. The number of hydrogen-bond acceptors (Lipinski definition) is 2. The standard InChI is InChI=1S/C14H24O2Si/c1-6-15-14(16-7-2)12-8-10-13(11-9-12)17(3,4)5/h8-11,14H,6-7H2,1-5H3. The SMILES string of the molecule is CCOC(OCC)c1ccc([Si](C)(C)C)cc1. The van der Waals surface area contributed by atoms with E-state index >= 15 is 0 Å². The van der Waals surface area contributed by atoms with Gasteiger partial charge in [-0.25, -0.2) is 0 Å². The van der Waals surface area contributed by atoms with Gasteiger partial charge in [-0.2, -0.15) is 0 Å². The summed E-state index contributed by atoms with van der Waals surface area (Å²) in [7, 11) is -1.21. The van der Waals surface area contributed by atoms with Gasteiger partial charge >= 0.3 is 0 Å². The van der Waals surface area contributed by atoms with E-state index in [1.165, 1.54) is 5.19 Å². The van der Waals surface area contributed by atoms with E-state index in [0.29, 0.717) is 13.2 Å². The van der Waals surface area contributed by atoms with Crippen LogP contribution in [0.4, 0.5) is 0 Å². The molecule has 96 valence electrons. The van der Waals surface area contributed by atoms with Gasteiger partial charge in [0.05, 0.1) is 8.07 Å². The molecule has 2 nitrogen and oxygen atoms in total. The molecule has 0 aromatic heterocycles. The lowest BCUT2D eigenvalue weighted by molar-refractivity contribution is -0.140. The van der Waals surface area contributed by atoms with Gasteiger partial charge < -0.3 is 9.47 Å². The Balaban J connectivity index is 2.84. The minimum absolute atomic E-state index is 0.222. The molecule has 0 fully saturated rings. The minimum Gasteiger partial charge on any atom is -0.349 e. The van der Waals surface area contributed by atoms with Gasteiger partial charge in [0.15, 0.2) is 6.29 Å². The van der Waals surface area contributed by atoms with Crippen LogP contribution in [-0.2, 0) is 9.47 Å². The molecule has 17 heavy (non-hydrogen) atoms. The molecule has 1 rings (SSSR count). The second-order valence-electron chi connectivity index (χ2n) is 5.11. The van der Waals surface area contributed by atoms with E-state index in [-0.39, 0.29) is 6.29 Å². The fourth-order valence-corrected chi connectivity index (χ4v) is 2.85. The lowest BCUT2D eigenvalue weighted by Crippen LogP contribution is -2.37. The summed E-state index contributed by atoms with van der Waals surface area (Å²) in [5, 5.41) is 1.47. The lowest BCUT2D eigenvalue weighted by Gasteiger charge is -2.20. The number of ether oxygens (including phenoxy) is 2. The zero-order chi connectivity index (χ0) is 12.9. The Morgan fingerprint density at radius 1 is 0.941 bits per heavy atom. The fourth-order valence-electron chi connectivity index (χ4n) is 1.68. The van der Waals surface area contributed by atoms with Crippen LogP contribution in [0.2, 0.25) is 19.6 Å². The average Bonchev–Trinajstić information content (AvgIpc) is 2.28. The van der Waals surface area contributed by atoms with Gasteiger partial charge in [0.2, 0.25) is 0 Å². The molecular weight excluding hydrogens is 228 g/mol. The summed E-state index contributed by atoms with van der Waals surface area (Å²) in [6, 6.07) is 8.69. The molecule has 0 aliphatic rings. The van der Waals surface area contributed by atoms with Gasteiger partial charge in [-0.3, -0.25) is 0 Å². The maximum atomic E-state index is 5.58. The van der Waals surface area contributed by atoms with Crippen molar-refractivity contribution < 1.29 is 9.47 Å². The molecule has 0 saturated carbocycles. The average molecular weight is 252 g/mol. The van der Waals surface area contributed by atoms with Gasteiger partial charge in [-0.15, -0.1) is 0 Å². The normalized spacial score (nSPS) is 12.1. The second-order valence-corrected chi connectivity index (χ2v) is 10.2. The van der Waals surface area contributed by atoms with Crippen LogP contribution in [-0.4, -0.2) is 21.3 Å². The van der Waals surface area contributed by atoms with Crippen molar-refractivity contribution in [1.29, 1.82) is 0 Å². The Bertz CT molecular complexity index is 321. The minimum atomic E-state index is -1.21. The van der Waals surface area contributed by atoms with E-state index in [9.17, 15) is 0 Å². The Kier molecular flexibility index (Phi) is 5.37. The maximum Gasteiger partial charge on any atom is 0.183 e. The number of rotatable bonds is 6. The van der Waals surface area contributed by atoms with E-state index in [2.05, 4.69) is 43.9 Å². The highest BCUT2D eigenvalue weighted by molar-refractivity contribution is 6.88. The molecule has 0 spiro atoms. The van der Waals surface area contributed by atoms with Crippen molar-refractivity contribution in [2.24, 2.45) is 0 Å². The molecule has 0 atom stereocenters. The highest BCUT2D eigenvalue weighted by Gasteiger charge is 2.17. The molecular formula is C14H24O2Si. The van der Waals surface area contributed by atoms with E-state index in [1.54, 1.807) is 0 Å². The summed E-state index contributed by atoms with van der Waals surface area (Å²) in [5.74, 6) is 0. The Hall–Kier alpha value is -0.643. The van der Waals surface area contributed by atoms with Crippen molar-refractivity contribution in [2.75, 3.05) is 13.2 Å².